The van der Waals surface area contributed by atoms with Crippen molar-refractivity contribution in [2.45, 2.75) is 25.3 Å². The van der Waals surface area contributed by atoms with Gasteiger partial charge in [-0.2, -0.15) is 0 Å². The Kier molecular flexibility index (Phi) is 4.60. The lowest BCUT2D eigenvalue weighted by Crippen LogP contribution is -2.38. The molecule has 5 heteroatoms. The fourth-order valence-corrected chi connectivity index (χ4v) is 2.56. The van der Waals surface area contributed by atoms with Gasteiger partial charge in [0.1, 0.15) is 0 Å². The van der Waals surface area contributed by atoms with Gasteiger partial charge in [0.2, 0.25) is 0 Å². The van der Waals surface area contributed by atoms with Crippen molar-refractivity contribution in [2.75, 3.05) is 0 Å². The first-order chi connectivity index (χ1) is 9.96. The van der Waals surface area contributed by atoms with E-state index in [-0.39, 0.29) is 5.69 Å². The summed E-state index contributed by atoms with van der Waals surface area (Å²) in [5.74, 6) is 0. The normalized spacial score (nSPS) is 13.7. The van der Waals surface area contributed by atoms with Gasteiger partial charge in [0.05, 0.1) is 4.92 Å². The van der Waals surface area contributed by atoms with E-state index < -0.39 is 10.5 Å². The minimum Gasteiger partial charge on any atom is -0.321 e. The number of nitro benzene ring substituents is 1. The van der Waals surface area contributed by atoms with Gasteiger partial charge < -0.3 is 5.73 Å². The second kappa shape index (κ2) is 6.24. The molecule has 0 saturated heterocycles. The zero-order valence-electron chi connectivity index (χ0n) is 11.8. The lowest BCUT2D eigenvalue weighted by atomic mass is 9.82. The molecule has 2 aromatic carbocycles. The molecule has 0 radical (unpaired) electrons. The number of benzene rings is 2. The number of rotatable bonds is 5. The quantitative estimate of drug-likeness (QED) is 0.669. The lowest BCUT2D eigenvalue weighted by Gasteiger charge is -2.29. The molecule has 0 saturated carbocycles. The molecule has 0 aliphatic carbocycles. The number of nitrogens with two attached hydrogens (primary N) is 1. The first-order valence-corrected chi connectivity index (χ1v) is 7.11. The maximum Gasteiger partial charge on any atom is 0.274 e. The molecule has 2 rings (SSSR count). The summed E-state index contributed by atoms with van der Waals surface area (Å²) in [7, 11) is 0. The third-order valence-electron chi connectivity index (χ3n) is 3.73. The summed E-state index contributed by atoms with van der Waals surface area (Å²) in [5.41, 5.74) is 7.44. The van der Waals surface area contributed by atoms with Gasteiger partial charge in [-0.15, -0.1) is 0 Å². The summed E-state index contributed by atoms with van der Waals surface area (Å²) in [4.78, 5) is 10.8. The Morgan fingerprint density at radius 1 is 1.24 bits per heavy atom. The number of halogens is 1. The Hall–Kier alpha value is -1.91. The topological polar surface area (TPSA) is 69.2 Å². The molecule has 2 N–H and O–H groups in total. The van der Waals surface area contributed by atoms with Crippen molar-refractivity contribution < 1.29 is 4.92 Å². The maximum absolute atomic E-state index is 11.2. The van der Waals surface area contributed by atoms with Crippen LogP contribution in [0, 0.1) is 10.1 Å². The smallest absolute Gasteiger partial charge is 0.274 e. The van der Waals surface area contributed by atoms with Gasteiger partial charge in [0.25, 0.3) is 5.69 Å². The van der Waals surface area contributed by atoms with Crippen molar-refractivity contribution in [1.82, 2.24) is 0 Å². The monoisotopic (exact) mass is 304 g/mol. The predicted molar refractivity (Wildman–Crippen MR) is 84.4 cm³/mol. The van der Waals surface area contributed by atoms with E-state index >= 15 is 0 Å². The summed E-state index contributed by atoms with van der Waals surface area (Å²) >= 11 is 5.85. The second-order valence-corrected chi connectivity index (χ2v) is 5.52. The highest BCUT2D eigenvalue weighted by Gasteiger charge is 2.28. The van der Waals surface area contributed by atoms with Crippen LogP contribution in [0.25, 0.3) is 0 Å². The van der Waals surface area contributed by atoms with Crippen LogP contribution in [0.5, 0.6) is 0 Å². The average molecular weight is 305 g/mol. The first kappa shape index (κ1) is 15.5. The molecule has 1 unspecified atom stereocenters. The van der Waals surface area contributed by atoms with E-state index in [1.54, 1.807) is 12.1 Å². The summed E-state index contributed by atoms with van der Waals surface area (Å²) in [6.07, 6.45) is 1.07. The van der Waals surface area contributed by atoms with Crippen LogP contribution in [0.15, 0.2) is 48.5 Å². The summed E-state index contributed by atoms with van der Waals surface area (Å²) < 4.78 is 0. The average Bonchev–Trinajstić information content (AvgIpc) is 2.49. The van der Waals surface area contributed by atoms with Crippen LogP contribution < -0.4 is 5.73 Å². The van der Waals surface area contributed by atoms with E-state index in [0.717, 1.165) is 5.56 Å². The molecule has 0 aliphatic heterocycles. The Bertz CT molecular complexity index is 646. The van der Waals surface area contributed by atoms with Crippen LogP contribution in [0.1, 0.15) is 24.5 Å². The van der Waals surface area contributed by atoms with Crippen molar-refractivity contribution in [2.24, 2.45) is 5.73 Å². The largest absolute Gasteiger partial charge is 0.321 e. The zero-order valence-corrected chi connectivity index (χ0v) is 12.5. The standard InChI is InChI=1S/C16H17ClN2O2/c1-2-16(18,13-6-4-3-5-7-13)11-12-8-9-14(17)10-15(12)19(20)21/h3-10H,2,11,18H2,1H3. The Morgan fingerprint density at radius 3 is 2.48 bits per heavy atom. The van der Waals surface area contributed by atoms with Crippen LogP contribution in [0.4, 0.5) is 5.69 Å². The SMILES string of the molecule is CCC(N)(Cc1ccc(Cl)cc1[N+](=O)[O-])c1ccccc1. The van der Waals surface area contributed by atoms with Gasteiger partial charge >= 0.3 is 0 Å². The van der Waals surface area contributed by atoms with Crippen molar-refractivity contribution in [3.05, 3.63) is 74.8 Å². The van der Waals surface area contributed by atoms with E-state index in [9.17, 15) is 10.1 Å². The molecule has 0 aliphatic rings. The van der Waals surface area contributed by atoms with E-state index in [2.05, 4.69) is 0 Å². The maximum atomic E-state index is 11.2. The van der Waals surface area contributed by atoms with E-state index in [4.69, 9.17) is 17.3 Å². The molecule has 0 bridgehead atoms. The third-order valence-corrected chi connectivity index (χ3v) is 3.96. The van der Waals surface area contributed by atoms with Gasteiger partial charge in [-0.1, -0.05) is 54.9 Å². The number of hydrogen-bond donors (Lipinski definition) is 1. The van der Waals surface area contributed by atoms with Gasteiger partial charge in [-0.3, -0.25) is 10.1 Å². The molecule has 0 aromatic heterocycles. The van der Waals surface area contributed by atoms with Crippen LogP contribution in [-0.2, 0) is 12.0 Å². The molecule has 0 fully saturated rings. The van der Waals surface area contributed by atoms with Crippen LogP contribution in [0.3, 0.4) is 0 Å². The molecular formula is C16H17ClN2O2. The Labute approximate surface area is 128 Å². The summed E-state index contributed by atoms with van der Waals surface area (Å²) in [6.45, 7) is 1.98. The highest BCUT2D eigenvalue weighted by Crippen LogP contribution is 2.31. The summed E-state index contributed by atoms with van der Waals surface area (Å²) in [5, 5.41) is 11.5. The third kappa shape index (κ3) is 3.40. The molecular weight excluding hydrogens is 288 g/mol. The van der Waals surface area contributed by atoms with E-state index in [1.165, 1.54) is 6.07 Å². The van der Waals surface area contributed by atoms with Crippen molar-refractivity contribution >= 4 is 17.3 Å². The molecule has 2 aromatic rings. The molecule has 0 heterocycles. The van der Waals surface area contributed by atoms with Crippen LogP contribution >= 0.6 is 11.6 Å². The highest BCUT2D eigenvalue weighted by atomic mass is 35.5. The fourth-order valence-electron chi connectivity index (χ4n) is 2.40. The number of nitro groups is 1. The van der Waals surface area contributed by atoms with Crippen LogP contribution in [0.2, 0.25) is 5.02 Å². The Balaban J connectivity index is 2.42. The van der Waals surface area contributed by atoms with Crippen molar-refractivity contribution in [1.29, 1.82) is 0 Å². The molecule has 1 atom stereocenters. The molecule has 0 spiro atoms. The van der Waals surface area contributed by atoms with Crippen molar-refractivity contribution in [3.63, 3.8) is 0 Å². The second-order valence-electron chi connectivity index (χ2n) is 5.08. The van der Waals surface area contributed by atoms with Gasteiger partial charge in [0.15, 0.2) is 0 Å². The fraction of sp³-hybridized carbons (Fsp3) is 0.250. The molecule has 0 amide bonds. The van der Waals surface area contributed by atoms with E-state index in [0.29, 0.717) is 23.4 Å². The minimum absolute atomic E-state index is 0.0155. The highest BCUT2D eigenvalue weighted by molar-refractivity contribution is 6.30. The van der Waals surface area contributed by atoms with Gasteiger partial charge in [-0.25, -0.2) is 0 Å². The predicted octanol–water partition coefficient (Wildman–Crippen LogP) is 4.05. The minimum atomic E-state index is -0.639. The van der Waals surface area contributed by atoms with Crippen LogP contribution in [-0.4, -0.2) is 4.92 Å². The molecule has 4 nitrogen and oxygen atoms in total. The summed E-state index contributed by atoms with van der Waals surface area (Å²) in [6, 6.07) is 14.4. The van der Waals surface area contributed by atoms with Gasteiger partial charge in [0, 0.05) is 28.6 Å². The number of nitrogens with zero attached hydrogens (tertiary/aromatic N) is 1. The first-order valence-electron chi connectivity index (χ1n) is 6.73. The van der Waals surface area contributed by atoms with E-state index in [1.807, 2.05) is 37.3 Å². The Morgan fingerprint density at radius 2 is 1.90 bits per heavy atom. The molecule has 110 valence electrons. The van der Waals surface area contributed by atoms with Gasteiger partial charge in [-0.05, 0) is 18.1 Å². The zero-order chi connectivity index (χ0) is 15.5. The lowest BCUT2D eigenvalue weighted by molar-refractivity contribution is -0.385. The number of hydrogen-bond acceptors (Lipinski definition) is 3. The van der Waals surface area contributed by atoms with Crippen molar-refractivity contribution in [3.8, 4) is 0 Å². The molecule has 21 heavy (non-hydrogen) atoms.